The molecule has 1 atom stereocenters. The maximum Gasteiger partial charge on any atom is 0.283 e. The third-order valence-corrected chi connectivity index (χ3v) is 2.81. The van der Waals surface area contributed by atoms with Gasteiger partial charge in [0.05, 0.1) is 16.0 Å². The first kappa shape index (κ1) is 13.1. The highest BCUT2D eigenvalue weighted by atomic mass is 79.9. The Morgan fingerprint density at radius 3 is 2.88 bits per heavy atom. The number of aliphatic hydroxyl groups excluding tert-OH is 1. The Morgan fingerprint density at radius 1 is 1.62 bits per heavy atom. The number of nitrogens with zero attached hydrogens (tertiary/aromatic N) is 1. The Balaban J connectivity index is 2.75. The summed E-state index contributed by atoms with van der Waals surface area (Å²) in [5.74, 6) is 0. The average molecular weight is 289 g/mol. The maximum absolute atomic E-state index is 10.7. The van der Waals surface area contributed by atoms with Crippen LogP contribution >= 0.6 is 15.9 Å². The van der Waals surface area contributed by atoms with Crippen LogP contribution in [0.2, 0.25) is 0 Å². The van der Waals surface area contributed by atoms with Gasteiger partial charge in [-0.1, -0.05) is 6.07 Å². The van der Waals surface area contributed by atoms with Gasteiger partial charge in [0.25, 0.3) is 5.69 Å². The minimum atomic E-state index is -0.428. The minimum absolute atomic E-state index is 0.0253. The van der Waals surface area contributed by atoms with Crippen LogP contribution in [0.1, 0.15) is 12.5 Å². The summed E-state index contributed by atoms with van der Waals surface area (Å²) in [6, 6.07) is 4.94. The first-order chi connectivity index (χ1) is 7.54. The van der Waals surface area contributed by atoms with E-state index in [1.807, 2.05) is 6.92 Å². The average Bonchev–Trinajstić information content (AvgIpc) is 2.27. The van der Waals surface area contributed by atoms with Gasteiger partial charge >= 0.3 is 0 Å². The number of benzene rings is 1. The van der Waals surface area contributed by atoms with Gasteiger partial charge in [-0.05, 0) is 34.5 Å². The molecule has 5 nitrogen and oxygen atoms in total. The highest BCUT2D eigenvalue weighted by molar-refractivity contribution is 9.10. The third kappa shape index (κ3) is 3.55. The number of hydrogen-bond acceptors (Lipinski definition) is 4. The Morgan fingerprint density at radius 2 is 2.31 bits per heavy atom. The first-order valence-electron chi connectivity index (χ1n) is 4.81. The monoisotopic (exact) mass is 288 g/mol. The summed E-state index contributed by atoms with van der Waals surface area (Å²) in [5, 5.41) is 22.6. The van der Waals surface area contributed by atoms with E-state index in [0.29, 0.717) is 11.0 Å². The summed E-state index contributed by atoms with van der Waals surface area (Å²) >= 11 is 3.12. The number of halogens is 1. The number of nitro benzene ring substituents is 1. The number of aliphatic hydroxyl groups is 1. The Labute approximate surface area is 102 Å². The molecule has 1 rings (SSSR count). The van der Waals surface area contributed by atoms with E-state index in [1.165, 1.54) is 6.07 Å². The number of nitro groups is 1. The SMILES string of the molecule is C[C@H](CO)NCc1ccc(Br)c([N+](=O)[O-])c1. The molecule has 0 bridgehead atoms. The third-order valence-electron chi connectivity index (χ3n) is 2.14. The quantitative estimate of drug-likeness (QED) is 0.640. The summed E-state index contributed by atoms with van der Waals surface area (Å²) in [7, 11) is 0. The molecule has 0 unspecified atom stereocenters. The number of nitrogens with one attached hydrogen (secondary N) is 1. The summed E-state index contributed by atoms with van der Waals surface area (Å²) in [6.45, 7) is 2.38. The molecule has 6 heteroatoms. The Kier molecular flexibility index (Phi) is 4.85. The van der Waals surface area contributed by atoms with E-state index >= 15 is 0 Å². The van der Waals surface area contributed by atoms with Crippen molar-refractivity contribution in [3.8, 4) is 0 Å². The van der Waals surface area contributed by atoms with Crippen LogP contribution in [0.5, 0.6) is 0 Å². The second-order valence-corrected chi connectivity index (χ2v) is 4.36. The molecule has 0 saturated heterocycles. The molecule has 0 aromatic heterocycles. The fraction of sp³-hybridized carbons (Fsp3) is 0.400. The van der Waals surface area contributed by atoms with Gasteiger partial charge in [0.1, 0.15) is 0 Å². The van der Waals surface area contributed by atoms with Crippen LogP contribution in [0.3, 0.4) is 0 Å². The topological polar surface area (TPSA) is 75.4 Å². The van der Waals surface area contributed by atoms with E-state index in [9.17, 15) is 10.1 Å². The molecule has 0 spiro atoms. The molecule has 16 heavy (non-hydrogen) atoms. The fourth-order valence-electron chi connectivity index (χ4n) is 1.16. The molecule has 0 aliphatic rings. The highest BCUT2D eigenvalue weighted by Crippen LogP contribution is 2.25. The van der Waals surface area contributed by atoms with E-state index in [2.05, 4.69) is 21.2 Å². The van der Waals surface area contributed by atoms with Crippen molar-refractivity contribution in [2.24, 2.45) is 0 Å². The van der Waals surface area contributed by atoms with Crippen LogP contribution in [-0.2, 0) is 6.54 Å². The van der Waals surface area contributed by atoms with Crippen molar-refractivity contribution >= 4 is 21.6 Å². The van der Waals surface area contributed by atoms with Crippen molar-refractivity contribution in [2.45, 2.75) is 19.5 Å². The normalized spacial score (nSPS) is 12.4. The lowest BCUT2D eigenvalue weighted by atomic mass is 10.2. The molecule has 0 aliphatic carbocycles. The Bertz CT molecular complexity index is 384. The van der Waals surface area contributed by atoms with Crippen LogP contribution < -0.4 is 5.32 Å². The van der Waals surface area contributed by atoms with Gasteiger partial charge < -0.3 is 10.4 Å². The summed E-state index contributed by atoms with van der Waals surface area (Å²) in [6.07, 6.45) is 0. The number of hydrogen-bond donors (Lipinski definition) is 2. The molecule has 1 aromatic carbocycles. The molecular weight excluding hydrogens is 276 g/mol. The molecule has 0 amide bonds. The van der Waals surface area contributed by atoms with Crippen LogP contribution in [0.25, 0.3) is 0 Å². The van der Waals surface area contributed by atoms with Crippen molar-refractivity contribution in [1.82, 2.24) is 5.32 Å². The molecule has 88 valence electrons. The molecular formula is C10H13BrN2O3. The second kappa shape index (κ2) is 5.93. The molecule has 2 N–H and O–H groups in total. The zero-order valence-electron chi connectivity index (χ0n) is 8.81. The van der Waals surface area contributed by atoms with Crippen molar-refractivity contribution in [2.75, 3.05) is 6.61 Å². The maximum atomic E-state index is 10.7. The summed E-state index contributed by atoms with van der Waals surface area (Å²) < 4.78 is 0.469. The molecule has 0 heterocycles. The summed E-state index contributed by atoms with van der Waals surface area (Å²) in [5.41, 5.74) is 0.867. The minimum Gasteiger partial charge on any atom is -0.395 e. The zero-order chi connectivity index (χ0) is 12.1. The molecule has 1 aromatic rings. The van der Waals surface area contributed by atoms with E-state index in [4.69, 9.17) is 5.11 Å². The zero-order valence-corrected chi connectivity index (χ0v) is 10.4. The van der Waals surface area contributed by atoms with Crippen molar-refractivity contribution in [1.29, 1.82) is 0 Å². The second-order valence-electron chi connectivity index (χ2n) is 3.51. The van der Waals surface area contributed by atoms with Crippen LogP contribution in [0.15, 0.2) is 22.7 Å². The van der Waals surface area contributed by atoms with Gasteiger partial charge in [0, 0.05) is 18.7 Å². The first-order valence-corrected chi connectivity index (χ1v) is 5.61. The van der Waals surface area contributed by atoms with Gasteiger partial charge in [-0.25, -0.2) is 0 Å². The lowest BCUT2D eigenvalue weighted by molar-refractivity contribution is -0.385. The number of rotatable bonds is 5. The largest absolute Gasteiger partial charge is 0.395 e. The molecule has 0 fully saturated rings. The molecule has 0 radical (unpaired) electrons. The van der Waals surface area contributed by atoms with Crippen molar-refractivity contribution in [3.05, 3.63) is 38.3 Å². The van der Waals surface area contributed by atoms with Crippen molar-refractivity contribution in [3.63, 3.8) is 0 Å². The fourth-order valence-corrected chi connectivity index (χ4v) is 1.56. The van der Waals surface area contributed by atoms with E-state index in [0.717, 1.165) is 5.56 Å². The van der Waals surface area contributed by atoms with Crippen LogP contribution in [-0.4, -0.2) is 22.7 Å². The van der Waals surface area contributed by atoms with E-state index < -0.39 is 4.92 Å². The standard InChI is InChI=1S/C10H13BrN2O3/c1-7(6-14)12-5-8-2-3-9(11)10(4-8)13(15)16/h2-4,7,12,14H,5-6H2,1H3/t7-/m1/s1. The lowest BCUT2D eigenvalue weighted by Gasteiger charge is -2.10. The Hall–Kier alpha value is -0.980. The van der Waals surface area contributed by atoms with Gasteiger partial charge in [0.2, 0.25) is 0 Å². The summed E-state index contributed by atoms with van der Waals surface area (Å²) in [4.78, 5) is 10.3. The predicted molar refractivity (Wildman–Crippen MR) is 64.2 cm³/mol. The van der Waals surface area contributed by atoms with Gasteiger partial charge in [-0.2, -0.15) is 0 Å². The van der Waals surface area contributed by atoms with Crippen molar-refractivity contribution < 1.29 is 10.0 Å². The van der Waals surface area contributed by atoms with E-state index in [-0.39, 0.29) is 18.3 Å². The lowest BCUT2D eigenvalue weighted by Crippen LogP contribution is -2.28. The van der Waals surface area contributed by atoms with E-state index in [1.54, 1.807) is 12.1 Å². The van der Waals surface area contributed by atoms with Crippen LogP contribution in [0, 0.1) is 10.1 Å². The van der Waals surface area contributed by atoms with Gasteiger partial charge in [-0.15, -0.1) is 0 Å². The van der Waals surface area contributed by atoms with Crippen LogP contribution in [0.4, 0.5) is 5.69 Å². The highest BCUT2D eigenvalue weighted by Gasteiger charge is 2.12. The van der Waals surface area contributed by atoms with Gasteiger partial charge in [0.15, 0.2) is 0 Å². The van der Waals surface area contributed by atoms with Gasteiger partial charge in [-0.3, -0.25) is 10.1 Å². The molecule has 0 saturated carbocycles. The predicted octanol–water partition coefficient (Wildman–Crippen LogP) is 1.83. The smallest absolute Gasteiger partial charge is 0.283 e. The molecule has 0 aliphatic heterocycles.